The molecule has 1 aromatic carbocycles. The normalized spacial score (nSPS) is 13.4. The van der Waals surface area contributed by atoms with E-state index in [9.17, 15) is 9.59 Å². The van der Waals surface area contributed by atoms with E-state index in [0.29, 0.717) is 6.54 Å². The van der Waals surface area contributed by atoms with Gasteiger partial charge in [0.05, 0.1) is 7.05 Å². The fourth-order valence-electron chi connectivity index (χ4n) is 1.56. The molecule has 6 heteroatoms. The van der Waals surface area contributed by atoms with Gasteiger partial charge in [0, 0.05) is 24.3 Å². The van der Waals surface area contributed by atoms with Crippen LogP contribution >= 0.6 is 15.9 Å². The molecule has 0 aliphatic carbocycles. The summed E-state index contributed by atoms with van der Waals surface area (Å²) in [6, 6.07) is 7.09. The van der Waals surface area contributed by atoms with E-state index in [4.69, 9.17) is 0 Å². The van der Waals surface area contributed by atoms with E-state index in [1.165, 1.54) is 4.90 Å². The van der Waals surface area contributed by atoms with Crippen molar-refractivity contribution in [2.75, 3.05) is 33.0 Å². The van der Waals surface area contributed by atoms with E-state index in [1.807, 2.05) is 38.2 Å². The summed E-state index contributed by atoms with van der Waals surface area (Å²) in [4.78, 5) is 26.2. The van der Waals surface area contributed by atoms with Crippen LogP contribution in [-0.2, 0) is 9.59 Å². The lowest BCUT2D eigenvalue weighted by Crippen LogP contribution is -3.15. The summed E-state index contributed by atoms with van der Waals surface area (Å²) in [6.07, 6.45) is 0. The van der Waals surface area contributed by atoms with Gasteiger partial charge in [-0.1, -0.05) is 15.9 Å². The Balaban J connectivity index is 2.58. The number of likely N-dealkylation sites (N-methyl/N-ethyl adjacent to an activating group) is 2. The highest BCUT2D eigenvalue weighted by Gasteiger charge is 2.24. The van der Waals surface area contributed by atoms with Crippen LogP contribution in [0, 0.1) is 0 Å². The molecule has 0 aromatic heterocycles. The Morgan fingerprint density at radius 2 is 1.85 bits per heavy atom. The Labute approximate surface area is 128 Å². The van der Waals surface area contributed by atoms with Crippen LogP contribution < -0.4 is 10.2 Å². The minimum Gasteiger partial charge on any atom is -0.344 e. The van der Waals surface area contributed by atoms with Crippen LogP contribution in [0.5, 0.6) is 0 Å². The molecule has 1 unspecified atom stereocenters. The number of nitrogens with one attached hydrogen (secondary N) is 2. The van der Waals surface area contributed by atoms with Crippen molar-refractivity contribution in [2.24, 2.45) is 0 Å². The quantitative estimate of drug-likeness (QED) is 0.812. The second kappa shape index (κ2) is 7.40. The number of carbonyl (C=O) groups is 2. The zero-order valence-corrected chi connectivity index (χ0v) is 13.8. The number of benzene rings is 1. The number of quaternary nitrogens is 1. The molecule has 0 heterocycles. The summed E-state index contributed by atoms with van der Waals surface area (Å²) in [5.41, 5.74) is 0.747. The van der Waals surface area contributed by atoms with Crippen molar-refractivity contribution < 1.29 is 14.5 Å². The van der Waals surface area contributed by atoms with Crippen molar-refractivity contribution in [3.63, 3.8) is 0 Å². The minimum atomic E-state index is -0.303. The number of halogens is 1. The first-order valence-electron chi connectivity index (χ1n) is 6.40. The average molecular weight is 343 g/mol. The number of rotatable bonds is 5. The van der Waals surface area contributed by atoms with E-state index in [1.54, 1.807) is 14.1 Å². The van der Waals surface area contributed by atoms with Crippen LogP contribution in [0.15, 0.2) is 28.7 Å². The first-order chi connectivity index (χ1) is 9.31. The fourth-order valence-corrected chi connectivity index (χ4v) is 1.82. The van der Waals surface area contributed by atoms with Crippen LogP contribution in [-0.4, -0.2) is 50.4 Å². The van der Waals surface area contributed by atoms with Crippen LogP contribution in [0.4, 0.5) is 5.69 Å². The lowest BCUT2D eigenvalue weighted by molar-refractivity contribution is -0.886. The highest BCUT2D eigenvalue weighted by Crippen LogP contribution is 2.13. The summed E-state index contributed by atoms with van der Waals surface area (Å²) in [6.45, 7) is 2.11. The van der Waals surface area contributed by atoms with Gasteiger partial charge in [0.15, 0.2) is 12.6 Å². The van der Waals surface area contributed by atoms with Gasteiger partial charge in [0.2, 0.25) is 0 Å². The maximum Gasteiger partial charge on any atom is 0.282 e. The molecule has 0 bridgehead atoms. The maximum absolute atomic E-state index is 12.1. The Hall–Kier alpha value is -1.40. The van der Waals surface area contributed by atoms with E-state index >= 15 is 0 Å². The van der Waals surface area contributed by atoms with E-state index in [0.717, 1.165) is 15.1 Å². The van der Waals surface area contributed by atoms with Gasteiger partial charge < -0.3 is 15.1 Å². The topological polar surface area (TPSA) is 53.9 Å². The van der Waals surface area contributed by atoms with E-state index in [2.05, 4.69) is 21.2 Å². The van der Waals surface area contributed by atoms with Gasteiger partial charge in [-0.25, -0.2) is 0 Å². The Morgan fingerprint density at radius 1 is 1.30 bits per heavy atom. The smallest absolute Gasteiger partial charge is 0.282 e. The third-order valence-electron chi connectivity index (χ3n) is 3.17. The van der Waals surface area contributed by atoms with Crippen molar-refractivity contribution >= 4 is 33.4 Å². The minimum absolute atomic E-state index is 0.00536. The standard InChI is InChI=1S/C14H20BrN3O2/c1-10(18(4)9-13(19)17(2)3)14(20)16-12-7-5-11(15)6-8-12/h5-8,10H,9H2,1-4H3,(H,16,20)/p+1/t10-/m1/s1. The molecule has 0 spiro atoms. The Bertz CT molecular complexity index is 474. The summed E-state index contributed by atoms with van der Waals surface area (Å²) in [7, 11) is 5.26. The third-order valence-corrected chi connectivity index (χ3v) is 3.70. The van der Waals surface area contributed by atoms with Crippen LogP contribution in [0.2, 0.25) is 0 Å². The average Bonchev–Trinajstić information content (AvgIpc) is 2.40. The molecule has 5 nitrogen and oxygen atoms in total. The molecular formula is C14H21BrN3O2+. The number of nitrogens with zero attached hydrogens (tertiary/aromatic N) is 1. The van der Waals surface area contributed by atoms with Crippen molar-refractivity contribution in [3.8, 4) is 0 Å². The summed E-state index contributed by atoms with van der Waals surface area (Å²) in [5.74, 6) is -0.0952. The zero-order chi connectivity index (χ0) is 15.3. The van der Waals surface area contributed by atoms with Gasteiger partial charge in [-0.3, -0.25) is 9.59 Å². The maximum atomic E-state index is 12.1. The molecule has 20 heavy (non-hydrogen) atoms. The van der Waals surface area contributed by atoms with Gasteiger partial charge in [-0.15, -0.1) is 0 Å². The highest BCUT2D eigenvalue weighted by atomic mass is 79.9. The molecule has 0 saturated heterocycles. The van der Waals surface area contributed by atoms with Crippen LogP contribution in [0.25, 0.3) is 0 Å². The van der Waals surface area contributed by atoms with Crippen molar-refractivity contribution in [2.45, 2.75) is 13.0 Å². The summed E-state index contributed by atoms with van der Waals surface area (Å²) >= 11 is 3.35. The number of hydrogen-bond donors (Lipinski definition) is 2. The molecule has 0 saturated carbocycles. The number of amides is 2. The molecule has 1 rings (SSSR count). The Morgan fingerprint density at radius 3 is 2.35 bits per heavy atom. The largest absolute Gasteiger partial charge is 0.344 e. The molecule has 2 atom stereocenters. The second-order valence-corrected chi connectivity index (χ2v) is 5.94. The molecular weight excluding hydrogens is 322 g/mol. The monoisotopic (exact) mass is 342 g/mol. The predicted molar refractivity (Wildman–Crippen MR) is 82.7 cm³/mol. The zero-order valence-electron chi connectivity index (χ0n) is 12.2. The highest BCUT2D eigenvalue weighted by molar-refractivity contribution is 9.10. The van der Waals surface area contributed by atoms with Crippen LogP contribution in [0.3, 0.4) is 0 Å². The second-order valence-electron chi connectivity index (χ2n) is 5.03. The Kier molecular flexibility index (Phi) is 6.16. The van der Waals surface area contributed by atoms with Gasteiger partial charge in [-0.05, 0) is 31.2 Å². The molecule has 0 fully saturated rings. The molecule has 110 valence electrons. The molecule has 1 aromatic rings. The number of hydrogen-bond acceptors (Lipinski definition) is 2. The predicted octanol–water partition coefficient (Wildman–Crippen LogP) is 0.379. The SMILES string of the molecule is C[C@H](C(=O)Nc1ccc(Br)cc1)[NH+](C)CC(=O)N(C)C. The molecule has 2 N–H and O–H groups in total. The van der Waals surface area contributed by atoms with Gasteiger partial charge in [0.25, 0.3) is 11.8 Å². The van der Waals surface area contributed by atoms with Crippen LogP contribution in [0.1, 0.15) is 6.92 Å². The van der Waals surface area contributed by atoms with Crippen molar-refractivity contribution in [3.05, 3.63) is 28.7 Å². The van der Waals surface area contributed by atoms with Gasteiger partial charge in [-0.2, -0.15) is 0 Å². The third kappa shape index (κ3) is 4.94. The molecule has 0 radical (unpaired) electrons. The van der Waals surface area contributed by atoms with Gasteiger partial charge in [0.1, 0.15) is 0 Å². The first kappa shape index (κ1) is 16.7. The molecule has 0 aliphatic heterocycles. The molecule has 2 amide bonds. The lowest BCUT2D eigenvalue weighted by Gasteiger charge is -2.22. The number of anilines is 1. The number of carbonyl (C=O) groups excluding carboxylic acids is 2. The van der Waals surface area contributed by atoms with Crippen molar-refractivity contribution in [1.82, 2.24) is 4.90 Å². The first-order valence-corrected chi connectivity index (χ1v) is 7.19. The fraction of sp³-hybridized carbons (Fsp3) is 0.429. The summed E-state index contributed by atoms with van der Waals surface area (Å²) in [5, 5.41) is 2.85. The van der Waals surface area contributed by atoms with E-state index < -0.39 is 0 Å². The summed E-state index contributed by atoms with van der Waals surface area (Å²) < 4.78 is 0.961. The lowest BCUT2D eigenvalue weighted by atomic mass is 10.2. The van der Waals surface area contributed by atoms with Gasteiger partial charge >= 0.3 is 0 Å². The van der Waals surface area contributed by atoms with Crippen molar-refractivity contribution in [1.29, 1.82) is 0 Å². The van der Waals surface area contributed by atoms with E-state index in [-0.39, 0.29) is 17.9 Å². The molecule has 0 aliphatic rings.